The molecule has 0 saturated carbocycles. The Morgan fingerprint density at radius 3 is 2.40 bits per heavy atom. The number of carbonyl (C=O) groups is 1. The number of hydrogen-bond acceptors (Lipinski definition) is 8. The van der Waals surface area contributed by atoms with Crippen LogP contribution < -0.4 is 9.46 Å². The molecule has 0 radical (unpaired) electrons. The molecule has 2 aromatic heterocycles. The van der Waals surface area contributed by atoms with Gasteiger partial charge in [0.1, 0.15) is 22.8 Å². The maximum Gasteiger partial charge on any atom is 0.419 e. The van der Waals surface area contributed by atoms with E-state index in [1.807, 2.05) is 0 Å². The molecule has 0 aliphatic rings. The summed E-state index contributed by atoms with van der Waals surface area (Å²) in [4.78, 5) is 18.1. The number of rotatable bonds is 10. The first-order valence-electron chi connectivity index (χ1n) is 15.5. The molecule has 47 heavy (non-hydrogen) atoms. The van der Waals surface area contributed by atoms with Crippen molar-refractivity contribution in [1.82, 2.24) is 18.8 Å². The number of alkyl halides is 1. The Labute approximate surface area is 280 Å². The van der Waals surface area contributed by atoms with Gasteiger partial charge in [0.15, 0.2) is 5.82 Å². The van der Waals surface area contributed by atoms with Crippen LogP contribution in [0.15, 0.2) is 36.5 Å². The second kappa shape index (κ2) is 13.2. The Hall–Kier alpha value is -3.41. The van der Waals surface area contributed by atoms with E-state index in [9.17, 15) is 14.6 Å². The van der Waals surface area contributed by atoms with Crippen LogP contribution in [-0.4, -0.2) is 56.9 Å². The normalized spacial score (nSPS) is 14.6. The third kappa shape index (κ3) is 7.84. The lowest BCUT2D eigenvalue weighted by molar-refractivity contribution is 0.0544. The standard InChI is InChI=1S/C34H46FN5O5SSi/c1-22-18-27(43-8)28(24-14-15-39(29(22)24)31(41)45-32(2,3)4)34(35,38-46(42)33(5,6)7)30-37-25-19-23(20-36)12-13-26(25)40(30)21-44-16-17-47(9,10)11/h12-15,18-19,38H,16-17,21H2,1-11H3. The van der Waals surface area contributed by atoms with Gasteiger partial charge in [0, 0.05) is 37.6 Å². The molecule has 2 atom stereocenters. The minimum absolute atomic E-state index is 0.0142. The molecule has 0 spiro atoms. The molecule has 0 aliphatic heterocycles. The Kier molecular flexibility index (Phi) is 10.3. The van der Waals surface area contributed by atoms with Gasteiger partial charge in [0.05, 0.1) is 40.9 Å². The average Bonchev–Trinajstić information content (AvgIpc) is 3.55. The van der Waals surface area contributed by atoms with Gasteiger partial charge in [-0.1, -0.05) is 24.4 Å². The third-order valence-electron chi connectivity index (χ3n) is 7.47. The highest BCUT2D eigenvalue weighted by molar-refractivity contribution is 7.90. The fourth-order valence-electron chi connectivity index (χ4n) is 5.10. The first-order chi connectivity index (χ1) is 21.7. The molecular formula is C34H46FN5O5SSi. The van der Waals surface area contributed by atoms with Crippen molar-refractivity contribution in [3.8, 4) is 11.8 Å². The Morgan fingerprint density at radius 1 is 1.15 bits per heavy atom. The van der Waals surface area contributed by atoms with Crippen LogP contribution in [-0.2, 0) is 33.4 Å². The van der Waals surface area contributed by atoms with Crippen molar-refractivity contribution in [2.75, 3.05) is 13.7 Å². The Morgan fingerprint density at radius 2 is 1.83 bits per heavy atom. The fraction of sp³-hybridized carbons (Fsp3) is 0.500. The number of methoxy groups -OCH3 is 1. The van der Waals surface area contributed by atoms with E-state index in [0.717, 1.165) is 6.04 Å². The van der Waals surface area contributed by atoms with Crippen molar-refractivity contribution in [2.45, 2.75) is 97.0 Å². The molecule has 0 bridgehead atoms. The van der Waals surface area contributed by atoms with E-state index in [2.05, 4.69) is 30.4 Å². The highest BCUT2D eigenvalue weighted by atomic mass is 32.2. The zero-order valence-electron chi connectivity index (χ0n) is 29.2. The van der Waals surface area contributed by atoms with Crippen LogP contribution in [0, 0.1) is 18.3 Å². The summed E-state index contributed by atoms with van der Waals surface area (Å²) in [5, 5.41) is 9.95. The summed E-state index contributed by atoms with van der Waals surface area (Å²) in [6.45, 7) is 19.4. The van der Waals surface area contributed by atoms with Crippen molar-refractivity contribution in [3.05, 3.63) is 59.0 Å². The van der Waals surface area contributed by atoms with E-state index in [1.165, 1.54) is 17.9 Å². The molecule has 0 amide bonds. The highest BCUT2D eigenvalue weighted by Gasteiger charge is 2.50. The molecule has 2 aromatic carbocycles. The monoisotopic (exact) mass is 683 g/mol. The molecule has 10 nitrogen and oxygen atoms in total. The van der Waals surface area contributed by atoms with Crippen LogP contribution in [0.4, 0.5) is 9.18 Å². The van der Waals surface area contributed by atoms with Crippen LogP contribution in [0.25, 0.3) is 21.9 Å². The van der Waals surface area contributed by atoms with E-state index in [4.69, 9.17) is 19.2 Å². The number of aromatic nitrogens is 3. The number of hydrogen-bond donors (Lipinski definition) is 1. The molecule has 1 N–H and O–H groups in total. The van der Waals surface area contributed by atoms with E-state index >= 15 is 4.39 Å². The Bertz CT molecular complexity index is 1830. The average molecular weight is 684 g/mol. The van der Waals surface area contributed by atoms with E-state index in [-0.39, 0.29) is 23.9 Å². The third-order valence-corrected chi connectivity index (χ3v) is 10.8. The van der Waals surface area contributed by atoms with Crippen LogP contribution in [0.5, 0.6) is 5.75 Å². The van der Waals surface area contributed by atoms with Gasteiger partial charge in [-0.05, 0) is 90.4 Å². The van der Waals surface area contributed by atoms with Crippen LogP contribution in [0.2, 0.25) is 25.7 Å². The molecule has 13 heteroatoms. The van der Waals surface area contributed by atoms with Gasteiger partial charge < -0.3 is 18.8 Å². The number of halogens is 1. The minimum Gasteiger partial charge on any atom is -0.598 e. The van der Waals surface area contributed by atoms with Gasteiger partial charge >= 0.3 is 6.09 Å². The first-order valence-corrected chi connectivity index (χ1v) is 20.4. The second-order valence-corrected chi connectivity index (χ2v) is 22.5. The Balaban J connectivity index is 2.06. The lowest BCUT2D eigenvalue weighted by Gasteiger charge is -2.33. The molecule has 0 saturated heterocycles. The number of imidazole rings is 1. The maximum atomic E-state index is 18.7. The number of benzene rings is 2. The van der Waals surface area contributed by atoms with Gasteiger partial charge in [0.2, 0.25) is 0 Å². The van der Waals surface area contributed by atoms with Gasteiger partial charge in [-0.3, -0.25) is 9.13 Å². The molecule has 2 heterocycles. The molecule has 4 rings (SSSR count). The number of nitriles is 1. The number of carbonyl (C=O) groups excluding carboxylic acids is 1. The van der Waals surface area contributed by atoms with Crippen LogP contribution in [0.3, 0.4) is 0 Å². The van der Waals surface area contributed by atoms with Gasteiger partial charge in [-0.15, -0.1) is 0 Å². The molecule has 0 aliphatic carbocycles. The number of fused-ring (bicyclic) bond motifs is 2. The lowest BCUT2D eigenvalue weighted by atomic mass is 9.96. The molecule has 4 aromatic rings. The van der Waals surface area contributed by atoms with Crippen molar-refractivity contribution < 1.29 is 27.9 Å². The van der Waals surface area contributed by atoms with E-state index in [0.29, 0.717) is 39.7 Å². The van der Waals surface area contributed by atoms with E-state index < -0.39 is 41.7 Å². The van der Waals surface area contributed by atoms with Crippen molar-refractivity contribution >= 4 is 47.5 Å². The van der Waals surface area contributed by atoms with Crippen LogP contribution >= 0.6 is 0 Å². The molecule has 0 fully saturated rings. The largest absolute Gasteiger partial charge is 0.598 e. The number of aryl methyl sites for hydroxylation is 1. The zero-order valence-corrected chi connectivity index (χ0v) is 31.0. The highest BCUT2D eigenvalue weighted by Crippen LogP contribution is 2.45. The first kappa shape index (κ1) is 36.4. The second-order valence-electron chi connectivity index (χ2n) is 14.9. The van der Waals surface area contributed by atoms with Gasteiger partial charge in [0.25, 0.3) is 5.79 Å². The van der Waals surface area contributed by atoms with Crippen molar-refractivity contribution in [3.63, 3.8) is 0 Å². The summed E-state index contributed by atoms with van der Waals surface area (Å²) in [7, 11) is -0.00239. The molecular weight excluding hydrogens is 638 g/mol. The van der Waals surface area contributed by atoms with Gasteiger partial charge in [-0.25, -0.2) is 14.2 Å². The van der Waals surface area contributed by atoms with Crippen molar-refractivity contribution in [1.29, 1.82) is 5.26 Å². The summed E-state index contributed by atoms with van der Waals surface area (Å²) < 4.78 is 55.0. The summed E-state index contributed by atoms with van der Waals surface area (Å²) in [5.74, 6) is -2.72. The SMILES string of the molecule is COc1cc(C)c2c(ccn2C(=O)OC(C)(C)C)c1C(F)(N[S+]([O-])C(C)(C)C)c1nc2cc(C#N)ccc2n1COCC[Si](C)(C)C. The summed E-state index contributed by atoms with van der Waals surface area (Å²) in [6, 6.07) is 11.2. The van der Waals surface area contributed by atoms with E-state index in [1.54, 1.807) is 83.4 Å². The predicted molar refractivity (Wildman–Crippen MR) is 186 cm³/mol. The molecule has 2 unspecified atom stereocenters. The quantitative estimate of drug-likeness (QED) is 0.0789. The smallest absolute Gasteiger partial charge is 0.419 e. The zero-order chi connectivity index (χ0) is 35.1. The summed E-state index contributed by atoms with van der Waals surface area (Å²) in [6.07, 6.45) is 0.895. The van der Waals surface area contributed by atoms with Crippen LogP contribution in [0.1, 0.15) is 64.1 Å². The fourth-order valence-corrected chi connectivity index (χ4v) is 6.61. The number of nitrogens with zero attached hydrogens (tertiary/aromatic N) is 4. The lowest BCUT2D eigenvalue weighted by Crippen LogP contribution is -2.51. The maximum absolute atomic E-state index is 18.7. The molecule has 254 valence electrons. The summed E-state index contributed by atoms with van der Waals surface area (Å²) in [5.41, 5.74) is 1.51. The topological polar surface area (TPSA) is 126 Å². The number of ether oxygens (including phenoxy) is 3. The predicted octanol–water partition coefficient (Wildman–Crippen LogP) is 7.50. The summed E-state index contributed by atoms with van der Waals surface area (Å²) >= 11 is -1.96. The minimum atomic E-state index is -2.75. The van der Waals surface area contributed by atoms with Gasteiger partial charge in [-0.2, -0.15) is 5.26 Å². The number of nitrogens with one attached hydrogen (secondary N) is 1. The van der Waals surface area contributed by atoms with Crippen molar-refractivity contribution in [2.24, 2.45) is 0 Å².